The summed E-state index contributed by atoms with van der Waals surface area (Å²) in [7, 11) is 0. The molecule has 0 saturated carbocycles. The second-order valence-electron chi connectivity index (χ2n) is 5.34. The molecule has 0 aliphatic carbocycles. The Kier molecular flexibility index (Phi) is 4.65. The fourth-order valence-electron chi connectivity index (χ4n) is 2.32. The van der Waals surface area contributed by atoms with Crippen LogP contribution in [0.1, 0.15) is 12.5 Å². The lowest BCUT2D eigenvalue weighted by Gasteiger charge is -2.33. The van der Waals surface area contributed by atoms with E-state index in [-0.39, 0.29) is 5.91 Å². The van der Waals surface area contributed by atoms with Crippen molar-refractivity contribution in [1.82, 2.24) is 9.80 Å². The molecular weight excluding hydrogens is 284 g/mol. The van der Waals surface area contributed by atoms with Crippen LogP contribution in [0.4, 0.5) is 11.4 Å². The lowest BCUT2D eigenvalue weighted by atomic mass is 10.2. The van der Waals surface area contributed by atoms with Gasteiger partial charge in [0, 0.05) is 33.1 Å². The molecule has 2 rings (SSSR count). The molecule has 118 valence electrons. The van der Waals surface area contributed by atoms with Gasteiger partial charge in [0.15, 0.2) is 0 Å². The van der Waals surface area contributed by atoms with Crippen LogP contribution in [0.2, 0.25) is 0 Å². The van der Waals surface area contributed by atoms with Gasteiger partial charge in [0.2, 0.25) is 5.91 Å². The van der Waals surface area contributed by atoms with Gasteiger partial charge in [-0.3, -0.25) is 14.4 Å². The SMILES string of the molecule is CC(=O)N1CCN(C(=O)C(=O)Nc2cc(C)ccc2N)CC1. The summed E-state index contributed by atoms with van der Waals surface area (Å²) in [6.07, 6.45) is 0. The Morgan fingerprint density at radius 3 is 2.27 bits per heavy atom. The molecule has 22 heavy (non-hydrogen) atoms. The lowest BCUT2D eigenvalue weighted by Crippen LogP contribution is -2.52. The summed E-state index contributed by atoms with van der Waals surface area (Å²) in [6.45, 7) is 4.97. The van der Waals surface area contributed by atoms with Gasteiger partial charge in [0.05, 0.1) is 11.4 Å². The van der Waals surface area contributed by atoms with Gasteiger partial charge < -0.3 is 20.9 Å². The zero-order valence-corrected chi connectivity index (χ0v) is 12.8. The fourth-order valence-corrected chi connectivity index (χ4v) is 2.32. The minimum absolute atomic E-state index is 0.0240. The number of nitrogens with two attached hydrogens (primary N) is 1. The first kappa shape index (κ1) is 15.8. The maximum atomic E-state index is 12.1. The Morgan fingerprint density at radius 2 is 1.68 bits per heavy atom. The van der Waals surface area contributed by atoms with Gasteiger partial charge >= 0.3 is 11.8 Å². The number of carbonyl (C=O) groups is 3. The quantitative estimate of drug-likeness (QED) is 0.572. The number of nitrogens with zero attached hydrogens (tertiary/aromatic N) is 2. The maximum absolute atomic E-state index is 12.1. The molecule has 1 aromatic rings. The summed E-state index contributed by atoms with van der Waals surface area (Å²) >= 11 is 0. The second-order valence-corrected chi connectivity index (χ2v) is 5.34. The molecule has 7 heteroatoms. The van der Waals surface area contributed by atoms with Crippen LogP contribution in [0.5, 0.6) is 0 Å². The first-order valence-electron chi connectivity index (χ1n) is 7.10. The summed E-state index contributed by atoms with van der Waals surface area (Å²) in [4.78, 5) is 38.5. The van der Waals surface area contributed by atoms with Gasteiger partial charge in [0.25, 0.3) is 0 Å². The minimum atomic E-state index is -0.714. The van der Waals surface area contributed by atoms with Gasteiger partial charge in [0.1, 0.15) is 0 Å². The Morgan fingerprint density at radius 1 is 1.09 bits per heavy atom. The topological polar surface area (TPSA) is 95.7 Å². The van der Waals surface area contributed by atoms with E-state index < -0.39 is 11.8 Å². The Labute approximate surface area is 129 Å². The standard InChI is InChI=1S/C15H20N4O3/c1-10-3-4-12(16)13(9-10)17-14(21)15(22)19-7-5-18(6-8-19)11(2)20/h3-4,9H,5-8,16H2,1-2H3,(H,17,21). The highest BCUT2D eigenvalue weighted by atomic mass is 16.2. The Bertz CT molecular complexity index is 607. The number of hydrogen-bond donors (Lipinski definition) is 2. The molecule has 0 aromatic heterocycles. The zero-order valence-electron chi connectivity index (χ0n) is 12.8. The van der Waals surface area contributed by atoms with Crippen LogP contribution in [0.15, 0.2) is 18.2 Å². The first-order valence-corrected chi connectivity index (χ1v) is 7.10. The zero-order chi connectivity index (χ0) is 16.3. The largest absolute Gasteiger partial charge is 0.397 e. The summed E-state index contributed by atoms with van der Waals surface area (Å²) < 4.78 is 0. The molecule has 1 fully saturated rings. The Hall–Kier alpha value is -2.57. The average molecular weight is 304 g/mol. The van der Waals surface area contributed by atoms with Crippen molar-refractivity contribution in [2.45, 2.75) is 13.8 Å². The third-order valence-electron chi connectivity index (χ3n) is 3.66. The molecule has 1 aromatic carbocycles. The molecule has 0 atom stereocenters. The fraction of sp³-hybridized carbons (Fsp3) is 0.400. The van der Waals surface area contributed by atoms with Crippen LogP contribution >= 0.6 is 0 Å². The van der Waals surface area contributed by atoms with Crippen LogP contribution in [-0.4, -0.2) is 53.7 Å². The molecule has 3 N–H and O–H groups in total. The van der Waals surface area contributed by atoms with Gasteiger partial charge in [-0.25, -0.2) is 0 Å². The number of nitrogen functional groups attached to an aromatic ring is 1. The third kappa shape index (κ3) is 3.55. The molecule has 3 amide bonds. The van der Waals surface area contributed by atoms with E-state index in [2.05, 4.69) is 5.32 Å². The highest BCUT2D eigenvalue weighted by Gasteiger charge is 2.27. The van der Waals surface area contributed by atoms with E-state index in [0.717, 1.165) is 5.56 Å². The van der Waals surface area contributed by atoms with Crippen LogP contribution in [0.3, 0.4) is 0 Å². The van der Waals surface area contributed by atoms with E-state index in [9.17, 15) is 14.4 Å². The van der Waals surface area contributed by atoms with Crippen molar-refractivity contribution in [3.8, 4) is 0 Å². The highest BCUT2D eigenvalue weighted by Crippen LogP contribution is 2.19. The smallest absolute Gasteiger partial charge is 0.313 e. The van der Waals surface area contributed by atoms with E-state index in [1.807, 2.05) is 13.0 Å². The number of amides is 3. The number of piperazine rings is 1. The van der Waals surface area contributed by atoms with Crippen LogP contribution < -0.4 is 11.1 Å². The average Bonchev–Trinajstić information content (AvgIpc) is 2.50. The summed E-state index contributed by atoms with van der Waals surface area (Å²) in [5.74, 6) is -1.35. The summed E-state index contributed by atoms with van der Waals surface area (Å²) in [5.41, 5.74) is 7.56. The third-order valence-corrected chi connectivity index (χ3v) is 3.66. The molecule has 0 bridgehead atoms. The molecule has 1 aliphatic heterocycles. The summed E-state index contributed by atoms with van der Waals surface area (Å²) in [6, 6.07) is 5.23. The van der Waals surface area contributed by atoms with Crippen molar-refractivity contribution in [3.63, 3.8) is 0 Å². The molecule has 0 spiro atoms. The number of nitrogens with one attached hydrogen (secondary N) is 1. The monoisotopic (exact) mass is 304 g/mol. The van der Waals surface area contributed by atoms with Gasteiger partial charge in [-0.1, -0.05) is 6.07 Å². The molecule has 1 heterocycles. The van der Waals surface area contributed by atoms with Crippen LogP contribution in [0, 0.1) is 6.92 Å². The predicted molar refractivity (Wildman–Crippen MR) is 83.1 cm³/mol. The van der Waals surface area contributed by atoms with Crippen molar-refractivity contribution >= 4 is 29.1 Å². The van der Waals surface area contributed by atoms with Gasteiger partial charge in [-0.2, -0.15) is 0 Å². The molecule has 0 unspecified atom stereocenters. The number of carbonyl (C=O) groups excluding carboxylic acids is 3. The molecular formula is C15H20N4O3. The maximum Gasteiger partial charge on any atom is 0.313 e. The van der Waals surface area contributed by atoms with E-state index in [1.165, 1.54) is 11.8 Å². The Balaban J connectivity index is 1.97. The number of rotatable bonds is 1. The number of aryl methyl sites for hydroxylation is 1. The highest BCUT2D eigenvalue weighted by molar-refractivity contribution is 6.39. The van der Waals surface area contributed by atoms with Crippen molar-refractivity contribution in [2.75, 3.05) is 37.2 Å². The van der Waals surface area contributed by atoms with Crippen LogP contribution in [-0.2, 0) is 14.4 Å². The number of hydrogen-bond acceptors (Lipinski definition) is 4. The number of anilines is 2. The first-order chi connectivity index (χ1) is 10.4. The molecule has 1 saturated heterocycles. The lowest BCUT2D eigenvalue weighted by molar-refractivity contribution is -0.145. The number of benzene rings is 1. The second kappa shape index (κ2) is 6.46. The molecule has 7 nitrogen and oxygen atoms in total. The summed E-state index contributed by atoms with van der Waals surface area (Å²) in [5, 5.41) is 2.55. The van der Waals surface area contributed by atoms with Crippen molar-refractivity contribution in [2.24, 2.45) is 0 Å². The van der Waals surface area contributed by atoms with Crippen molar-refractivity contribution in [1.29, 1.82) is 0 Å². The normalized spacial score (nSPS) is 14.6. The van der Waals surface area contributed by atoms with Gasteiger partial charge in [-0.15, -0.1) is 0 Å². The van der Waals surface area contributed by atoms with E-state index in [0.29, 0.717) is 37.6 Å². The van der Waals surface area contributed by atoms with E-state index in [1.54, 1.807) is 17.0 Å². The predicted octanol–water partition coefficient (Wildman–Crippen LogP) is 0.206. The van der Waals surface area contributed by atoms with E-state index >= 15 is 0 Å². The minimum Gasteiger partial charge on any atom is -0.397 e. The molecule has 1 aliphatic rings. The van der Waals surface area contributed by atoms with Gasteiger partial charge in [-0.05, 0) is 24.6 Å². The van der Waals surface area contributed by atoms with Crippen molar-refractivity contribution in [3.05, 3.63) is 23.8 Å². The van der Waals surface area contributed by atoms with Crippen molar-refractivity contribution < 1.29 is 14.4 Å². The van der Waals surface area contributed by atoms with E-state index in [4.69, 9.17) is 5.73 Å². The molecule has 0 radical (unpaired) electrons. The van der Waals surface area contributed by atoms with Crippen LogP contribution in [0.25, 0.3) is 0 Å².